The number of carbonyl (C=O) groups excluding carboxylic acids is 1. The minimum atomic E-state index is 0.263. The number of nitrogens with zero attached hydrogens (tertiary/aromatic N) is 1. The highest BCUT2D eigenvalue weighted by Crippen LogP contribution is 2.34. The first kappa shape index (κ1) is 8.72. The highest BCUT2D eigenvalue weighted by molar-refractivity contribution is 5.77. The lowest BCUT2D eigenvalue weighted by molar-refractivity contribution is -0.123. The summed E-state index contributed by atoms with van der Waals surface area (Å²) in [6, 6.07) is 1.13. The number of piperidine rings is 1. The molecule has 0 aromatic rings. The Hall–Kier alpha value is -0.570. The molecule has 0 aromatic carbocycles. The van der Waals surface area contributed by atoms with Crippen LogP contribution in [-0.4, -0.2) is 36.0 Å². The van der Waals surface area contributed by atoms with Gasteiger partial charge >= 0.3 is 0 Å². The molecule has 0 unspecified atom stereocenters. The van der Waals surface area contributed by atoms with Crippen LogP contribution in [-0.2, 0) is 4.79 Å². The molecule has 2 heterocycles. The number of fused-ring (bicyclic) bond motifs is 1. The number of nitrogens with one attached hydrogen (secondary N) is 1. The van der Waals surface area contributed by atoms with Crippen molar-refractivity contribution < 1.29 is 4.79 Å². The fraction of sp³-hybridized carbons (Fsp3) is 0.909. The van der Waals surface area contributed by atoms with Gasteiger partial charge in [-0.1, -0.05) is 0 Å². The summed E-state index contributed by atoms with van der Waals surface area (Å²) in [6.45, 7) is 2.49. The minimum Gasteiger partial charge on any atom is -0.352 e. The Morgan fingerprint density at radius 1 is 1.29 bits per heavy atom. The van der Waals surface area contributed by atoms with Gasteiger partial charge in [-0.05, 0) is 31.6 Å². The molecule has 3 rings (SSSR count). The lowest BCUT2D eigenvalue weighted by atomic mass is 9.99. The van der Waals surface area contributed by atoms with E-state index in [1.807, 2.05) is 0 Å². The van der Waals surface area contributed by atoms with Crippen molar-refractivity contribution in [1.29, 1.82) is 0 Å². The van der Waals surface area contributed by atoms with Crippen molar-refractivity contribution in [1.82, 2.24) is 10.2 Å². The molecule has 0 radical (unpaired) electrons. The van der Waals surface area contributed by atoms with Crippen molar-refractivity contribution in [3.63, 3.8) is 0 Å². The predicted octanol–water partition coefficient (Wildman–Crippen LogP) is 0.749. The number of hydrogen-bond acceptors (Lipinski definition) is 2. The topological polar surface area (TPSA) is 32.3 Å². The van der Waals surface area contributed by atoms with Gasteiger partial charge in [0.25, 0.3) is 0 Å². The molecular formula is C11H18N2O. The molecular weight excluding hydrogens is 176 g/mol. The third kappa shape index (κ3) is 1.54. The molecule has 78 valence electrons. The first-order chi connectivity index (χ1) is 6.83. The standard InChI is InChI=1S/C11H18N2O/c14-11-4-3-10-9(12-11)5-6-13(10)7-8-1-2-8/h8-10H,1-7H2,(H,12,14)/t9-,10+/m0/s1. The molecule has 2 aliphatic heterocycles. The largest absolute Gasteiger partial charge is 0.352 e. The molecule has 3 heteroatoms. The molecule has 0 spiro atoms. The smallest absolute Gasteiger partial charge is 0.220 e. The van der Waals surface area contributed by atoms with Crippen LogP contribution >= 0.6 is 0 Å². The number of likely N-dealkylation sites (tertiary alicyclic amines) is 1. The van der Waals surface area contributed by atoms with Gasteiger partial charge in [0.2, 0.25) is 5.91 Å². The molecule has 1 aliphatic carbocycles. The second kappa shape index (κ2) is 3.23. The summed E-state index contributed by atoms with van der Waals surface area (Å²) in [5.41, 5.74) is 0. The number of carbonyl (C=O) groups is 1. The van der Waals surface area contributed by atoms with Gasteiger partial charge in [-0.15, -0.1) is 0 Å². The summed E-state index contributed by atoms with van der Waals surface area (Å²) < 4.78 is 0. The maximum atomic E-state index is 11.2. The highest BCUT2D eigenvalue weighted by Gasteiger charge is 2.39. The Labute approximate surface area is 84.8 Å². The normalized spacial score (nSPS) is 38.1. The van der Waals surface area contributed by atoms with E-state index in [2.05, 4.69) is 10.2 Å². The summed E-state index contributed by atoms with van der Waals surface area (Å²) in [7, 11) is 0. The first-order valence-corrected chi connectivity index (χ1v) is 5.86. The number of hydrogen-bond donors (Lipinski definition) is 1. The molecule has 3 aliphatic rings. The summed E-state index contributed by atoms with van der Waals surface area (Å²) in [5.74, 6) is 1.24. The van der Waals surface area contributed by atoms with Crippen LogP contribution in [0.5, 0.6) is 0 Å². The summed E-state index contributed by atoms with van der Waals surface area (Å²) in [6.07, 6.45) is 5.86. The zero-order chi connectivity index (χ0) is 9.54. The molecule has 3 fully saturated rings. The van der Waals surface area contributed by atoms with E-state index in [4.69, 9.17) is 0 Å². The maximum Gasteiger partial charge on any atom is 0.220 e. The van der Waals surface area contributed by atoms with Crippen LogP contribution in [0.4, 0.5) is 0 Å². The summed E-state index contributed by atoms with van der Waals surface area (Å²) in [4.78, 5) is 13.8. The van der Waals surface area contributed by atoms with Crippen LogP contribution in [0.3, 0.4) is 0 Å². The second-order valence-electron chi connectivity index (χ2n) is 5.01. The molecule has 2 saturated heterocycles. The van der Waals surface area contributed by atoms with E-state index in [1.54, 1.807) is 0 Å². The molecule has 1 saturated carbocycles. The van der Waals surface area contributed by atoms with Crippen molar-refractivity contribution in [2.45, 2.75) is 44.2 Å². The molecule has 2 atom stereocenters. The Kier molecular flexibility index (Phi) is 2.01. The van der Waals surface area contributed by atoms with Gasteiger partial charge in [0.05, 0.1) is 0 Å². The van der Waals surface area contributed by atoms with Gasteiger partial charge in [-0.3, -0.25) is 9.69 Å². The van der Waals surface area contributed by atoms with Crippen LogP contribution in [0.15, 0.2) is 0 Å². The minimum absolute atomic E-state index is 0.263. The second-order valence-corrected chi connectivity index (χ2v) is 5.01. The summed E-state index contributed by atoms with van der Waals surface area (Å²) >= 11 is 0. The van der Waals surface area contributed by atoms with E-state index >= 15 is 0 Å². The third-order valence-corrected chi connectivity index (χ3v) is 3.86. The van der Waals surface area contributed by atoms with Crippen molar-refractivity contribution in [3.05, 3.63) is 0 Å². The third-order valence-electron chi connectivity index (χ3n) is 3.86. The van der Waals surface area contributed by atoms with Gasteiger partial charge in [-0.25, -0.2) is 0 Å². The number of amides is 1. The van der Waals surface area contributed by atoms with Crippen LogP contribution in [0.25, 0.3) is 0 Å². The fourth-order valence-corrected chi connectivity index (χ4v) is 2.89. The Morgan fingerprint density at radius 2 is 2.14 bits per heavy atom. The van der Waals surface area contributed by atoms with Crippen LogP contribution in [0.2, 0.25) is 0 Å². The van der Waals surface area contributed by atoms with Gasteiger partial charge in [0.1, 0.15) is 0 Å². The quantitative estimate of drug-likeness (QED) is 0.703. The molecule has 0 bridgehead atoms. The monoisotopic (exact) mass is 194 g/mol. The van der Waals surface area contributed by atoms with Gasteiger partial charge in [-0.2, -0.15) is 0 Å². The molecule has 1 N–H and O–H groups in total. The van der Waals surface area contributed by atoms with Crippen molar-refractivity contribution in [2.24, 2.45) is 5.92 Å². The van der Waals surface area contributed by atoms with E-state index in [0.29, 0.717) is 12.1 Å². The van der Waals surface area contributed by atoms with Crippen molar-refractivity contribution in [3.8, 4) is 0 Å². The Balaban J connectivity index is 1.63. The van der Waals surface area contributed by atoms with Gasteiger partial charge in [0, 0.05) is 31.6 Å². The maximum absolute atomic E-state index is 11.2. The summed E-state index contributed by atoms with van der Waals surface area (Å²) in [5, 5.41) is 3.12. The molecule has 14 heavy (non-hydrogen) atoms. The van der Waals surface area contributed by atoms with Crippen molar-refractivity contribution >= 4 is 5.91 Å². The zero-order valence-electron chi connectivity index (χ0n) is 8.54. The predicted molar refractivity (Wildman–Crippen MR) is 53.9 cm³/mol. The highest BCUT2D eigenvalue weighted by atomic mass is 16.1. The average molecular weight is 194 g/mol. The zero-order valence-corrected chi connectivity index (χ0v) is 8.54. The average Bonchev–Trinajstić information content (AvgIpc) is 2.89. The molecule has 3 nitrogen and oxygen atoms in total. The Morgan fingerprint density at radius 3 is 2.93 bits per heavy atom. The van der Waals surface area contributed by atoms with Crippen molar-refractivity contribution in [2.75, 3.05) is 13.1 Å². The van der Waals surface area contributed by atoms with E-state index < -0.39 is 0 Å². The van der Waals surface area contributed by atoms with Crippen LogP contribution in [0, 0.1) is 5.92 Å². The van der Waals surface area contributed by atoms with Gasteiger partial charge < -0.3 is 5.32 Å². The first-order valence-electron chi connectivity index (χ1n) is 5.86. The lowest BCUT2D eigenvalue weighted by Gasteiger charge is -2.32. The molecule has 0 aromatic heterocycles. The lowest BCUT2D eigenvalue weighted by Crippen LogP contribution is -2.49. The van der Waals surface area contributed by atoms with E-state index in [0.717, 1.165) is 18.8 Å². The van der Waals surface area contributed by atoms with Gasteiger partial charge in [0.15, 0.2) is 0 Å². The van der Waals surface area contributed by atoms with Crippen LogP contribution < -0.4 is 5.32 Å². The fourth-order valence-electron chi connectivity index (χ4n) is 2.89. The molecule has 1 amide bonds. The van der Waals surface area contributed by atoms with E-state index in [9.17, 15) is 4.79 Å². The van der Waals surface area contributed by atoms with Crippen LogP contribution in [0.1, 0.15) is 32.1 Å². The van der Waals surface area contributed by atoms with E-state index in [-0.39, 0.29) is 5.91 Å². The Bertz CT molecular complexity index is 250. The van der Waals surface area contributed by atoms with E-state index in [1.165, 1.54) is 32.4 Å². The SMILES string of the molecule is O=C1CC[C@@H]2[C@H](CCN2CC2CC2)N1. The number of rotatable bonds is 2.